The highest BCUT2D eigenvalue weighted by atomic mass is 16.5. The fraction of sp³-hybridized carbons (Fsp3) is 0.842. The number of ether oxygens (including phenoxy) is 1. The van der Waals surface area contributed by atoms with E-state index < -0.39 is 0 Å². The lowest BCUT2D eigenvalue weighted by molar-refractivity contribution is 0.00752. The van der Waals surface area contributed by atoms with Crippen LogP contribution in [0.1, 0.15) is 45.3 Å². The van der Waals surface area contributed by atoms with Crippen LogP contribution in [0.15, 0.2) is 4.99 Å². The first-order valence-electron chi connectivity index (χ1n) is 10.4. The van der Waals surface area contributed by atoms with Crippen molar-refractivity contribution in [3.63, 3.8) is 0 Å². The molecule has 1 aromatic rings. The predicted molar refractivity (Wildman–Crippen MR) is 107 cm³/mol. The van der Waals surface area contributed by atoms with E-state index in [1.807, 2.05) is 0 Å². The SMILES string of the molecule is CCNC(=NCc1nnc2n1CCCC2)NCC(C(C)C)N1CCOCC1. The Bertz CT molecular complexity index is 607. The van der Waals surface area contributed by atoms with E-state index in [4.69, 9.17) is 9.73 Å². The van der Waals surface area contributed by atoms with Gasteiger partial charge in [0.2, 0.25) is 0 Å². The van der Waals surface area contributed by atoms with Gasteiger partial charge in [0.25, 0.3) is 0 Å². The topological polar surface area (TPSA) is 79.6 Å². The summed E-state index contributed by atoms with van der Waals surface area (Å²) < 4.78 is 7.74. The van der Waals surface area contributed by atoms with E-state index >= 15 is 0 Å². The molecule has 0 radical (unpaired) electrons. The summed E-state index contributed by atoms with van der Waals surface area (Å²) in [5.41, 5.74) is 0. The van der Waals surface area contributed by atoms with Gasteiger partial charge in [0.15, 0.2) is 11.8 Å². The molecule has 3 heterocycles. The molecule has 0 aliphatic carbocycles. The Morgan fingerprint density at radius 3 is 2.70 bits per heavy atom. The van der Waals surface area contributed by atoms with Gasteiger partial charge in [-0.05, 0) is 25.7 Å². The maximum atomic E-state index is 5.51. The standard InChI is InChI=1S/C19H35N7O/c1-4-20-19(21-13-16(15(2)3)25-9-11-27-12-10-25)22-14-18-24-23-17-7-5-6-8-26(17)18/h15-16H,4-14H2,1-3H3,(H2,20,21,22). The van der Waals surface area contributed by atoms with E-state index in [1.165, 1.54) is 12.8 Å². The van der Waals surface area contributed by atoms with Gasteiger partial charge >= 0.3 is 0 Å². The van der Waals surface area contributed by atoms with Gasteiger partial charge in [-0.2, -0.15) is 0 Å². The van der Waals surface area contributed by atoms with E-state index in [-0.39, 0.29) is 0 Å². The molecule has 1 unspecified atom stereocenters. The van der Waals surface area contributed by atoms with Crippen LogP contribution in [0.5, 0.6) is 0 Å². The summed E-state index contributed by atoms with van der Waals surface area (Å²) in [5.74, 6) is 3.50. The van der Waals surface area contributed by atoms with Crippen molar-refractivity contribution in [1.82, 2.24) is 30.3 Å². The highest BCUT2D eigenvalue weighted by Crippen LogP contribution is 2.15. The molecule has 1 saturated heterocycles. The van der Waals surface area contributed by atoms with Gasteiger partial charge < -0.3 is 19.9 Å². The molecular weight excluding hydrogens is 342 g/mol. The molecule has 152 valence electrons. The van der Waals surface area contributed by atoms with Crippen LogP contribution in [-0.2, 0) is 24.2 Å². The second-order valence-corrected chi connectivity index (χ2v) is 7.68. The molecule has 3 rings (SSSR count). The minimum Gasteiger partial charge on any atom is -0.379 e. The third-order valence-electron chi connectivity index (χ3n) is 5.42. The first kappa shape index (κ1) is 20.1. The van der Waals surface area contributed by atoms with Crippen molar-refractivity contribution in [1.29, 1.82) is 0 Å². The molecule has 2 aliphatic rings. The van der Waals surface area contributed by atoms with Crippen LogP contribution in [0.2, 0.25) is 0 Å². The van der Waals surface area contributed by atoms with Crippen molar-refractivity contribution in [2.24, 2.45) is 10.9 Å². The Morgan fingerprint density at radius 1 is 1.15 bits per heavy atom. The van der Waals surface area contributed by atoms with Crippen molar-refractivity contribution in [2.75, 3.05) is 39.4 Å². The Kier molecular flexibility index (Phi) is 7.46. The maximum Gasteiger partial charge on any atom is 0.191 e. The number of hydrogen-bond acceptors (Lipinski definition) is 5. The summed E-state index contributed by atoms with van der Waals surface area (Å²) in [5, 5.41) is 15.6. The number of aryl methyl sites for hydroxylation is 1. The third kappa shape index (κ3) is 5.42. The molecule has 1 atom stereocenters. The zero-order valence-electron chi connectivity index (χ0n) is 17.1. The van der Waals surface area contributed by atoms with Gasteiger partial charge in [-0.1, -0.05) is 13.8 Å². The van der Waals surface area contributed by atoms with E-state index in [0.717, 1.165) is 70.0 Å². The summed E-state index contributed by atoms with van der Waals surface area (Å²) in [7, 11) is 0. The van der Waals surface area contributed by atoms with Crippen molar-refractivity contribution >= 4 is 5.96 Å². The van der Waals surface area contributed by atoms with Crippen LogP contribution in [-0.4, -0.2) is 71.1 Å². The average Bonchev–Trinajstić information content (AvgIpc) is 3.10. The van der Waals surface area contributed by atoms with Crippen LogP contribution in [0.4, 0.5) is 0 Å². The van der Waals surface area contributed by atoms with Crippen LogP contribution in [0, 0.1) is 5.92 Å². The smallest absolute Gasteiger partial charge is 0.191 e. The van der Waals surface area contributed by atoms with E-state index in [9.17, 15) is 0 Å². The highest BCUT2D eigenvalue weighted by molar-refractivity contribution is 5.79. The fourth-order valence-corrected chi connectivity index (χ4v) is 3.87. The molecule has 8 heteroatoms. The number of nitrogens with one attached hydrogen (secondary N) is 2. The van der Waals surface area contributed by atoms with E-state index in [2.05, 4.69) is 51.1 Å². The minimum absolute atomic E-state index is 0.471. The summed E-state index contributed by atoms with van der Waals surface area (Å²) in [6.45, 7) is 13.6. The normalized spacial score (nSPS) is 19.8. The molecule has 1 aromatic heterocycles. The third-order valence-corrected chi connectivity index (χ3v) is 5.42. The maximum absolute atomic E-state index is 5.51. The largest absolute Gasteiger partial charge is 0.379 e. The second-order valence-electron chi connectivity index (χ2n) is 7.68. The number of fused-ring (bicyclic) bond motifs is 1. The Hall–Kier alpha value is -1.67. The van der Waals surface area contributed by atoms with Crippen molar-refractivity contribution in [2.45, 2.75) is 59.2 Å². The lowest BCUT2D eigenvalue weighted by Crippen LogP contribution is -2.52. The van der Waals surface area contributed by atoms with Gasteiger partial charge in [-0.15, -0.1) is 10.2 Å². The van der Waals surface area contributed by atoms with Gasteiger partial charge in [0, 0.05) is 45.2 Å². The molecule has 0 aromatic carbocycles. The molecule has 0 spiro atoms. The van der Waals surface area contributed by atoms with Crippen molar-refractivity contribution in [3.8, 4) is 0 Å². The predicted octanol–water partition coefficient (Wildman–Crippen LogP) is 1.03. The molecule has 2 N–H and O–H groups in total. The Labute approximate surface area is 162 Å². The quantitative estimate of drug-likeness (QED) is 0.546. The molecule has 0 bridgehead atoms. The molecular formula is C19H35N7O. The number of morpholine rings is 1. The van der Waals surface area contributed by atoms with E-state index in [0.29, 0.717) is 18.5 Å². The van der Waals surface area contributed by atoms with E-state index in [1.54, 1.807) is 0 Å². The molecule has 0 amide bonds. The van der Waals surface area contributed by atoms with Crippen LogP contribution >= 0.6 is 0 Å². The van der Waals surface area contributed by atoms with Crippen LogP contribution in [0.25, 0.3) is 0 Å². The van der Waals surface area contributed by atoms with Gasteiger partial charge in [0.05, 0.1) is 13.2 Å². The zero-order chi connectivity index (χ0) is 19.1. The zero-order valence-corrected chi connectivity index (χ0v) is 17.1. The summed E-state index contributed by atoms with van der Waals surface area (Å²) >= 11 is 0. The van der Waals surface area contributed by atoms with Crippen molar-refractivity contribution < 1.29 is 4.74 Å². The van der Waals surface area contributed by atoms with Gasteiger partial charge in [-0.25, -0.2) is 4.99 Å². The van der Waals surface area contributed by atoms with Crippen molar-refractivity contribution in [3.05, 3.63) is 11.6 Å². The monoisotopic (exact) mass is 377 g/mol. The fourth-order valence-electron chi connectivity index (χ4n) is 3.87. The molecule has 1 fully saturated rings. The lowest BCUT2D eigenvalue weighted by atomic mass is 10.0. The molecule has 27 heavy (non-hydrogen) atoms. The second kappa shape index (κ2) is 10.0. The molecule has 0 saturated carbocycles. The number of aromatic nitrogens is 3. The number of hydrogen-bond donors (Lipinski definition) is 2. The Balaban J connectivity index is 1.60. The average molecular weight is 378 g/mol. The minimum atomic E-state index is 0.471. The van der Waals surface area contributed by atoms with Gasteiger partial charge in [0.1, 0.15) is 12.4 Å². The lowest BCUT2D eigenvalue weighted by Gasteiger charge is -2.37. The van der Waals surface area contributed by atoms with Crippen LogP contribution < -0.4 is 10.6 Å². The first-order chi connectivity index (χ1) is 13.2. The summed E-state index contributed by atoms with van der Waals surface area (Å²) in [4.78, 5) is 7.30. The summed E-state index contributed by atoms with van der Waals surface area (Å²) in [6.07, 6.45) is 3.45. The highest BCUT2D eigenvalue weighted by Gasteiger charge is 2.24. The number of guanidine groups is 1. The summed E-state index contributed by atoms with van der Waals surface area (Å²) in [6, 6.07) is 0.471. The van der Waals surface area contributed by atoms with Gasteiger partial charge in [-0.3, -0.25) is 4.90 Å². The molecule has 8 nitrogen and oxygen atoms in total. The number of rotatable bonds is 7. The first-order valence-corrected chi connectivity index (χ1v) is 10.4. The number of aliphatic imine (C=N–C) groups is 1. The Morgan fingerprint density at radius 2 is 1.96 bits per heavy atom. The molecule has 2 aliphatic heterocycles. The number of nitrogens with zero attached hydrogens (tertiary/aromatic N) is 5. The van der Waals surface area contributed by atoms with Crippen LogP contribution in [0.3, 0.4) is 0 Å².